The minimum absolute atomic E-state index is 0.000516. The number of nitrogens with one attached hydrogen (secondary N) is 2. The molecule has 51 heavy (non-hydrogen) atoms. The largest absolute Gasteiger partial charge is 0.464 e. The monoisotopic (exact) mass is 730 g/mol. The number of methoxy groups -OCH3 is 1. The van der Waals surface area contributed by atoms with Gasteiger partial charge in [-0.2, -0.15) is 13.2 Å². The number of carbonyl (C=O) groups excluding carboxylic acids is 3. The van der Waals surface area contributed by atoms with Crippen LogP contribution in [-0.2, 0) is 36.6 Å². The smallest absolute Gasteiger partial charge is 0.407 e. The number of Topliss-reactive ketones (excluding diaryl/α,β-unsaturated/α-hetero) is 1. The molecule has 0 saturated carbocycles. The molecule has 3 aromatic rings. The van der Waals surface area contributed by atoms with Gasteiger partial charge in [-0.3, -0.25) is 9.59 Å². The number of ketones is 1. The maximum absolute atomic E-state index is 15.3. The first kappa shape index (κ1) is 39.2. The Balaban J connectivity index is 1.51. The highest BCUT2D eigenvalue weighted by Gasteiger charge is 2.35. The fourth-order valence-electron chi connectivity index (χ4n) is 5.69. The third-order valence-corrected chi connectivity index (χ3v) is 8.22. The predicted octanol–water partition coefficient (Wildman–Crippen LogP) is 6.23. The molecule has 276 valence electrons. The molecule has 1 amide bonds. The van der Waals surface area contributed by atoms with Crippen molar-refractivity contribution in [1.29, 1.82) is 0 Å². The van der Waals surface area contributed by atoms with Crippen LogP contribution < -0.4 is 10.6 Å². The number of alkyl halides is 3. The number of ether oxygens (including phenoxy) is 3. The van der Waals surface area contributed by atoms with Crippen molar-refractivity contribution in [3.8, 4) is 0 Å². The van der Waals surface area contributed by atoms with Crippen LogP contribution in [0.1, 0.15) is 47.4 Å². The minimum Gasteiger partial charge on any atom is -0.464 e. The van der Waals surface area contributed by atoms with Gasteiger partial charge in [0.15, 0.2) is 5.78 Å². The van der Waals surface area contributed by atoms with Gasteiger partial charge in [0.05, 0.1) is 38.7 Å². The van der Waals surface area contributed by atoms with Gasteiger partial charge in [-0.15, -0.1) is 0 Å². The Kier molecular flexibility index (Phi) is 13.5. The van der Waals surface area contributed by atoms with Crippen LogP contribution in [0.15, 0.2) is 54.6 Å². The third kappa shape index (κ3) is 11.5. The molecular weight excluding hydrogens is 696 g/mol. The average Bonchev–Trinajstić information content (AvgIpc) is 3.07. The number of rotatable bonds is 14. The Morgan fingerprint density at radius 3 is 2.14 bits per heavy atom. The Bertz CT molecular complexity index is 1660. The second-order valence-electron chi connectivity index (χ2n) is 11.9. The van der Waals surface area contributed by atoms with E-state index in [0.29, 0.717) is 6.07 Å². The first-order valence-electron chi connectivity index (χ1n) is 15.7. The lowest BCUT2D eigenvalue weighted by atomic mass is 9.81. The zero-order valence-electron chi connectivity index (χ0n) is 27.1. The fourth-order valence-corrected chi connectivity index (χ4v) is 5.69. The normalized spacial score (nSPS) is 17.4. The zero-order chi connectivity index (χ0) is 37.3. The lowest BCUT2D eigenvalue weighted by molar-refractivity contribution is -0.158. The number of benzene rings is 3. The summed E-state index contributed by atoms with van der Waals surface area (Å²) >= 11 is 0. The van der Waals surface area contributed by atoms with Crippen molar-refractivity contribution in [1.82, 2.24) is 10.6 Å². The molecule has 4 rings (SSSR count). The van der Waals surface area contributed by atoms with Crippen LogP contribution in [0.3, 0.4) is 0 Å². The molecule has 0 radical (unpaired) electrons. The standard InChI is InChI=1S/C35H34F8N2O6/c1-49-34(48)45-33(32(19-2-4-21(36)5-3-19)20-12-22(37)14-23(38)13-20)30(46)15-27-26(28(39)8-9-29(27)40)7-6-25-16-44-24(17-50-25)18-51-31(47)10-11-35(41,42)43/h2-5,8-9,12-14,24-25,32-33,44H,6-7,10-11,15-18H2,1H3,(H,45,48)/t24-,25+,32-,33+/m0/s1. The summed E-state index contributed by atoms with van der Waals surface area (Å²) in [5.74, 6) is -7.70. The first-order chi connectivity index (χ1) is 24.1. The maximum atomic E-state index is 15.3. The first-order valence-corrected chi connectivity index (χ1v) is 15.7. The number of esters is 1. The van der Waals surface area contributed by atoms with Crippen molar-refractivity contribution in [3.63, 3.8) is 0 Å². The second-order valence-corrected chi connectivity index (χ2v) is 11.9. The summed E-state index contributed by atoms with van der Waals surface area (Å²) in [5.41, 5.74) is -0.468. The SMILES string of the molecule is COC(=O)N[C@H](C(=O)Cc1c(F)ccc(F)c1CC[C@@H]1CN[C@H](COC(=O)CCC(F)(F)F)CO1)[C@@H](c1ccc(F)cc1)c1cc(F)cc(F)c1. The van der Waals surface area contributed by atoms with E-state index in [1.807, 2.05) is 0 Å². The Morgan fingerprint density at radius 2 is 1.55 bits per heavy atom. The summed E-state index contributed by atoms with van der Waals surface area (Å²) in [6, 6.07) is 6.53. The van der Waals surface area contributed by atoms with Gasteiger partial charge in [0, 0.05) is 30.5 Å². The molecule has 4 atom stereocenters. The van der Waals surface area contributed by atoms with Gasteiger partial charge >= 0.3 is 18.2 Å². The number of hydrogen-bond donors (Lipinski definition) is 2. The topological polar surface area (TPSA) is 103 Å². The molecule has 1 aliphatic heterocycles. The summed E-state index contributed by atoms with van der Waals surface area (Å²) in [7, 11) is 1.01. The summed E-state index contributed by atoms with van der Waals surface area (Å²) in [6.07, 6.45) is -9.07. The molecule has 8 nitrogen and oxygen atoms in total. The molecule has 2 N–H and O–H groups in total. The molecule has 0 aromatic heterocycles. The van der Waals surface area contributed by atoms with Gasteiger partial charge in [-0.25, -0.2) is 26.7 Å². The van der Waals surface area contributed by atoms with Crippen LogP contribution in [0.25, 0.3) is 0 Å². The molecule has 1 saturated heterocycles. The van der Waals surface area contributed by atoms with Crippen LogP contribution in [0.4, 0.5) is 39.9 Å². The van der Waals surface area contributed by atoms with Crippen LogP contribution in [0.2, 0.25) is 0 Å². The maximum Gasteiger partial charge on any atom is 0.407 e. The highest BCUT2D eigenvalue weighted by Crippen LogP contribution is 2.32. The summed E-state index contributed by atoms with van der Waals surface area (Å²) in [6.45, 7) is -0.0681. The average molecular weight is 731 g/mol. The molecular formula is C35H34F8N2O6. The quantitative estimate of drug-likeness (QED) is 0.150. The lowest BCUT2D eigenvalue weighted by Gasteiger charge is -2.30. The third-order valence-electron chi connectivity index (χ3n) is 8.22. The molecule has 1 heterocycles. The Hall–Kier alpha value is -4.57. The fraction of sp³-hybridized carbons (Fsp3) is 0.400. The van der Waals surface area contributed by atoms with Crippen molar-refractivity contribution < 1.29 is 63.7 Å². The number of hydrogen-bond acceptors (Lipinski definition) is 7. The van der Waals surface area contributed by atoms with Crippen LogP contribution in [0, 0.1) is 29.1 Å². The molecule has 16 heteroatoms. The number of amides is 1. The highest BCUT2D eigenvalue weighted by atomic mass is 19.4. The van der Waals surface area contributed by atoms with E-state index < -0.39 is 96.5 Å². The number of carbonyl (C=O) groups is 3. The van der Waals surface area contributed by atoms with E-state index >= 15 is 8.78 Å². The number of alkyl carbamates (subject to hydrolysis) is 1. The highest BCUT2D eigenvalue weighted by molar-refractivity contribution is 5.91. The summed E-state index contributed by atoms with van der Waals surface area (Å²) in [4.78, 5) is 38.1. The van der Waals surface area contributed by atoms with Crippen LogP contribution >= 0.6 is 0 Å². The molecule has 0 aliphatic carbocycles. The lowest BCUT2D eigenvalue weighted by Crippen LogP contribution is -2.49. The van der Waals surface area contributed by atoms with Gasteiger partial charge < -0.3 is 24.8 Å². The zero-order valence-corrected chi connectivity index (χ0v) is 27.1. The van der Waals surface area contributed by atoms with Crippen LogP contribution in [0.5, 0.6) is 0 Å². The second kappa shape index (κ2) is 17.6. The molecule has 3 aromatic carbocycles. The van der Waals surface area contributed by atoms with Crippen LogP contribution in [-0.4, -0.2) is 69.1 Å². The Morgan fingerprint density at radius 1 is 0.902 bits per heavy atom. The number of halogens is 8. The van der Waals surface area contributed by atoms with Gasteiger partial charge in [0.2, 0.25) is 0 Å². The predicted molar refractivity (Wildman–Crippen MR) is 165 cm³/mol. The van der Waals surface area contributed by atoms with Gasteiger partial charge in [0.25, 0.3) is 0 Å². The van der Waals surface area contributed by atoms with Gasteiger partial charge in [-0.05, 0) is 65.9 Å². The molecule has 1 fully saturated rings. The van der Waals surface area contributed by atoms with E-state index in [4.69, 9.17) is 9.47 Å². The van der Waals surface area contributed by atoms with E-state index in [-0.39, 0.29) is 54.9 Å². The van der Waals surface area contributed by atoms with Crippen molar-refractivity contribution >= 4 is 17.8 Å². The molecule has 0 bridgehead atoms. The van der Waals surface area contributed by atoms with E-state index in [1.165, 1.54) is 12.1 Å². The van der Waals surface area contributed by atoms with Crippen molar-refractivity contribution in [2.45, 2.75) is 62.4 Å². The number of morpholine rings is 1. The van der Waals surface area contributed by atoms with Crippen molar-refractivity contribution in [2.75, 3.05) is 26.9 Å². The van der Waals surface area contributed by atoms with E-state index in [0.717, 1.165) is 43.5 Å². The van der Waals surface area contributed by atoms with Gasteiger partial charge in [0.1, 0.15) is 41.7 Å². The van der Waals surface area contributed by atoms with E-state index in [2.05, 4.69) is 15.4 Å². The molecule has 0 spiro atoms. The summed E-state index contributed by atoms with van der Waals surface area (Å²) in [5, 5.41) is 5.36. The molecule has 0 unspecified atom stereocenters. The minimum atomic E-state index is -4.50. The molecule has 1 aliphatic rings. The van der Waals surface area contributed by atoms with Gasteiger partial charge in [-0.1, -0.05) is 12.1 Å². The summed E-state index contributed by atoms with van der Waals surface area (Å²) < 4.78 is 125. The van der Waals surface area contributed by atoms with E-state index in [9.17, 15) is 40.7 Å². The van der Waals surface area contributed by atoms with E-state index in [1.54, 1.807) is 0 Å². The Labute approximate surface area is 287 Å². The van der Waals surface area contributed by atoms with Crippen molar-refractivity contribution in [2.24, 2.45) is 0 Å². The van der Waals surface area contributed by atoms with Crippen molar-refractivity contribution in [3.05, 3.63) is 106 Å².